The fraction of sp³-hybridized carbons (Fsp3) is 0. The molecule has 222 valence electrons. The quantitative estimate of drug-likeness (QED) is 0.199. The Labute approximate surface area is 277 Å². The zero-order valence-corrected chi connectivity index (χ0v) is 25.8. The van der Waals surface area contributed by atoms with Crippen molar-refractivity contribution in [2.45, 2.75) is 0 Å². The predicted molar refractivity (Wildman–Crippen MR) is 195 cm³/mol. The second-order valence-corrected chi connectivity index (χ2v) is 12.0. The van der Waals surface area contributed by atoms with Crippen molar-refractivity contribution in [3.8, 4) is 45.8 Å². The SMILES string of the molecule is N#Cc1ccc2c(c1)c1cc(-c3c(C#N)cccc3-c3ccccc3-n3c4ccccc4c4ccccc43)ccc1n2-c1ccccc1. The minimum atomic E-state index is 0.605. The number of nitriles is 2. The van der Waals surface area contributed by atoms with Crippen LogP contribution in [0.25, 0.3) is 77.2 Å². The Hall–Kier alpha value is -6.88. The molecule has 48 heavy (non-hydrogen) atoms. The van der Waals surface area contributed by atoms with Gasteiger partial charge in [-0.05, 0) is 77.9 Å². The maximum Gasteiger partial charge on any atom is 0.0998 e. The van der Waals surface area contributed by atoms with E-state index < -0.39 is 0 Å². The van der Waals surface area contributed by atoms with Crippen LogP contribution in [0.2, 0.25) is 0 Å². The Kier molecular flexibility index (Phi) is 6.22. The summed E-state index contributed by atoms with van der Waals surface area (Å²) in [5.74, 6) is 0. The summed E-state index contributed by atoms with van der Waals surface area (Å²) in [6, 6.07) is 58.9. The first-order valence-electron chi connectivity index (χ1n) is 15.9. The highest BCUT2D eigenvalue weighted by molar-refractivity contribution is 6.12. The molecule has 0 saturated carbocycles. The molecule has 9 aromatic rings. The standard InChI is InChI=1S/C44H26N4/c45-27-29-21-23-42-37(25-29)38-26-30(22-24-43(38)47(42)32-12-2-1-3-13-32)44-31(28-46)11-10-17-36(44)35-16-6-9-20-41(35)48-39-18-7-4-14-33(39)34-15-5-8-19-40(34)48/h1-26H. The lowest BCUT2D eigenvalue weighted by molar-refractivity contribution is 1.18. The van der Waals surface area contributed by atoms with E-state index in [2.05, 4.69) is 130 Å². The van der Waals surface area contributed by atoms with Crippen LogP contribution in [0.5, 0.6) is 0 Å². The van der Waals surface area contributed by atoms with E-state index in [0.29, 0.717) is 11.1 Å². The predicted octanol–water partition coefficient (Wildman–Crippen LogP) is 11.0. The van der Waals surface area contributed by atoms with Gasteiger partial charge in [0.25, 0.3) is 0 Å². The van der Waals surface area contributed by atoms with Gasteiger partial charge in [-0.3, -0.25) is 0 Å². The second kappa shape index (κ2) is 10.9. The fourth-order valence-electron chi connectivity index (χ4n) is 7.36. The van der Waals surface area contributed by atoms with Crippen molar-refractivity contribution in [1.82, 2.24) is 9.13 Å². The first kappa shape index (κ1) is 27.4. The molecule has 0 bridgehead atoms. The lowest BCUT2D eigenvalue weighted by Gasteiger charge is -2.18. The summed E-state index contributed by atoms with van der Waals surface area (Å²) in [6.07, 6.45) is 0. The third-order valence-electron chi connectivity index (χ3n) is 9.40. The van der Waals surface area contributed by atoms with Crippen LogP contribution < -0.4 is 0 Å². The van der Waals surface area contributed by atoms with Crippen molar-refractivity contribution in [3.63, 3.8) is 0 Å². The van der Waals surface area contributed by atoms with Crippen molar-refractivity contribution < 1.29 is 0 Å². The molecule has 4 heteroatoms. The van der Waals surface area contributed by atoms with Gasteiger partial charge in [0.2, 0.25) is 0 Å². The van der Waals surface area contributed by atoms with E-state index in [9.17, 15) is 10.5 Å². The number of benzene rings is 7. The molecule has 0 aliphatic carbocycles. The van der Waals surface area contributed by atoms with Gasteiger partial charge in [0, 0.05) is 38.4 Å². The van der Waals surface area contributed by atoms with Crippen molar-refractivity contribution in [2.75, 3.05) is 0 Å². The van der Waals surface area contributed by atoms with Crippen molar-refractivity contribution in [3.05, 3.63) is 169 Å². The smallest absolute Gasteiger partial charge is 0.0998 e. The Morgan fingerprint density at radius 1 is 0.417 bits per heavy atom. The largest absolute Gasteiger partial charge is 0.309 e. The van der Waals surface area contributed by atoms with E-state index in [0.717, 1.165) is 66.5 Å². The molecule has 0 unspecified atom stereocenters. The summed E-state index contributed by atoms with van der Waals surface area (Å²) < 4.78 is 4.58. The maximum absolute atomic E-state index is 10.5. The zero-order chi connectivity index (χ0) is 32.2. The molecular formula is C44H26N4. The van der Waals surface area contributed by atoms with Gasteiger partial charge in [-0.25, -0.2) is 0 Å². The molecule has 4 nitrogen and oxygen atoms in total. The molecule has 0 N–H and O–H groups in total. The van der Waals surface area contributed by atoms with Crippen molar-refractivity contribution in [1.29, 1.82) is 10.5 Å². The van der Waals surface area contributed by atoms with Crippen molar-refractivity contribution in [2.24, 2.45) is 0 Å². The van der Waals surface area contributed by atoms with Gasteiger partial charge in [0.05, 0.1) is 51.0 Å². The molecule has 0 aliphatic rings. The summed E-state index contributed by atoms with van der Waals surface area (Å²) in [7, 11) is 0. The van der Waals surface area contributed by atoms with Crippen LogP contribution in [-0.4, -0.2) is 9.13 Å². The topological polar surface area (TPSA) is 57.4 Å². The van der Waals surface area contributed by atoms with E-state index in [1.807, 2.05) is 48.5 Å². The monoisotopic (exact) mass is 610 g/mol. The minimum Gasteiger partial charge on any atom is -0.309 e. The summed E-state index contributed by atoms with van der Waals surface area (Å²) in [5, 5.41) is 24.7. The summed E-state index contributed by atoms with van der Waals surface area (Å²) in [4.78, 5) is 0. The van der Waals surface area contributed by atoms with E-state index in [1.54, 1.807) is 0 Å². The Morgan fingerprint density at radius 3 is 1.75 bits per heavy atom. The van der Waals surface area contributed by atoms with Crippen molar-refractivity contribution >= 4 is 43.6 Å². The Bertz CT molecular complexity index is 2750. The average Bonchev–Trinajstić information content (AvgIpc) is 3.67. The Balaban J connectivity index is 1.33. The number of aromatic nitrogens is 2. The molecule has 0 saturated heterocycles. The van der Waals surface area contributed by atoms with E-state index in [-0.39, 0.29) is 0 Å². The number of fused-ring (bicyclic) bond motifs is 6. The molecule has 2 heterocycles. The van der Waals surface area contributed by atoms with E-state index in [1.165, 1.54) is 10.8 Å². The van der Waals surface area contributed by atoms with Crippen LogP contribution in [0.4, 0.5) is 0 Å². The van der Waals surface area contributed by atoms with Gasteiger partial charge in [-0.1, -0.05) is 91.0 Å². The Morgan fingerprint density at radius 2 is 1.02 bits per heavy atom. The lowest BCUT2D eigenvalue weighted by Crippen LogP contribution is -1.99. The van der Waals surface area contributed by atoms with E-state index >= 15 is 0 Å². The van der Waals surface area contributed by atoms with Crippen LogP contribution in [0, 0.1) is 22.7 Å². The number of para-hydroxylation sites is 4. The summed E-state index contributed by atoms with van der Waals surface area (Å²) in [5.41, 5.74) is 11.5. The number of nitrogens with zero attached hydrogens (tertiary/aromatic N) is 4. The molecule has 0 atom stereocenters. The maximum atomic E-state index is 10.5. The summed E-state index contributed by atoms with van der Waals surface area (Å²) >= 11 is 0. The highest BCUT2D eigenvalue weighted by Crippen LogP contribution is 2.42. The van der Waals surface area contributed by atoms with Gasteiger partial charge < -0.3 is 9.13 Å². The molecule has 0 amide bonds. The van der Waals surface area contributed by atoms with Gasteiger partial charge in [0.1, 0.15) is 0 Å². The highest BCUT2D eigenvalue weighted by atomic mass is 15.0. The molecule has 0 spiro atoms. The third kappa shape index (κ3) is 4.07. The fourth-order valence-corrected chi connectivity index (χ4v) is 7.36. The van der Waals surface area contributed by atoms with Crippen LogP contribution in [0.15, 0.2) is 158 Å². The summed E-state index contributed by atoms with van der Waals surface area (Å²) in [6.45, 7) is 0. The number of hydrogen-bond donors (Lipinski definition) is 0. The minimum absolute atomic E-state index is 0.605. The van der Waals surface area contributed by atoms with Gasteiger partial charge >= 0.3 is 0 Å². The first-order chi connectivity index (χ1) is 23.7. The van der Waals surface area contributed by atoms with Gasteiger partial charge in [0.15, 0.2) is 0 Å². The molecule has 0 radical (unpaired) electrons. The van der Waals surface area contributed by atoms with Gasteiger partial charge in [-0.15, -0.1) is 0 Å². The third-order valence-corrected chi connectivity index (χ3v) is 9.40. The molecule has 7 aromatic carbocycles. The van der Waals surface area contributed by atoms with Crippen LogP contribution in [0.1, 0.15) is 11.1 Å². The zero-order valence-electron chi connectivity index (χ0n) is 25.8. The lowest BCUT2D eigenvalue weighted by atomic mass is 9.89. The number of rotatable bonds is 4. The highest BCUT2D eigenvalue weighted by Gasteiger charge is 2.20. The van der Waals surface area contributed by atoms with E-state index in [4.69, 9.17) is 0 Å². The molecule has 9 rings (SSSR count). The average molecular weight is 611 g/mol. The van der Waals surface area contributed by atoms with Crippen LogP contribution >= 0.6 is 0 Å². The second-order valence-electron chi connectivity index (χ2n) is 12.0. The van der Waals surface area contributed by atoms with Gasteiger partial charge in [-0.2, -0.15) is 10.5 Å². The van der Waals surface area contributed by atoms with Crippen LogP contribution in [0.3, 0.4) is 0 Å². The molecule has 0 fully saturated rings. The normalized spacial score (nSPS) is 11.3. The number of hydrogen-bond acceptors (Lipinski definition) is 2. The van der Waals surface area contributed by atoms with Crippen LogP contribution in [-0.2, 0) is 0 Å². The molecule has 2 aromatic heterocycles. The molecular weight excluding hydrogens is 585 g/mol. The molecule has 0 aliphatic heterocycles. The first-order valence-corrected chi connectivity index (χ1v) is 15.9.